The van der Waals surface area contributed by atoms with E-state index in [0.29, 0.717) is 26.3 Å². The number of hydrogen-bond acceptors (Lipinski definition) is 3. The Morgan fingerprint density at radius 3 is 2.68 bits per heavy atom. The predicted molar refractivity (Wildman–Crippen MR) is 82.7 cm³/mol. The number of nitrogens with one attached hydrogen (secondary N) is 2. The van der Waals surface area contributed by atoms with E-state index in [9.17, 15) is 9.59 Å². The van der Waals surface area contributed by atoms with E-state index in [4.69, 9.17) is 4.74 Å². The smallest absolute Gasteiger partial charge is 0.321 e. The number of amides is 3. The van der Waals surface area contributed by atoms with Gasteiger partial charge in [-0.2, -0.15) is 0 Å². The van der Waals surface area contributed by atoms with Crippen LogP contribution in [0, 0.1) is 19.8 Å². The van der Waals surface area contributed by atoms with Gasteiger partial charge < -0.3 is 20.3 Å². The number of aryl methyl sites for hydroxylation is 2. The molecule has 1 aromatic rings. The highest BCUT2D eigenvalue weighted by Crippen LogP contribution is 2.17. The third-order valence-electron chi connectivity index (χ3n) is 4.00. The highest BCUT2D eigenvalue weighted by Gasteiger charge is 2.35. The summed E-state index contributed by atoms with van der Waals surface area (Å²) in [7, 11) is 0. The van der Waals surface area contributed by atoms with Crippen LogP contribution in [-0.4, -0.2) is 49.2 Å². The molecule has 0 unspecified atom stereocenters. The maximum absolute atomic E-state index is 12.5. The molecule has 1 aromatic carbocycles. The standard InChI is InChI=1S/C16H21N3O3/c1-10-3-11(2)5-13(4-10)18-16(21)19-6-12-8-22-9-14(7-19)17-15(12)20/h3-5,12,14H,6-9H2,1-2H3,(H,17,20)(H,18,21)/t12-,14+/m1/s1. The number of rotatable bonds is 1. The predicted octanol–water partition coefficient (Wildman–Crippen LogP) is 1.28. The summed E-state index contributed by atoms with van der Waals surface area (Å²) in [4.78, 5) is 26.2. The summed E-state index contributed by atoms with van der Waals surface area (Å²) >= 11 is 0. The van der Waals surface area contributed by atoms with Crippen LogP contribution in [0.5, 0.6) is 0 Å². The summed E-state index contributed by atoms with van der Waals surface area (Å²) < 4.78 is 5.47. The van der Waals surface area contributed by atoms with E-state index in [0.717, 1.165) is 16.8 Å². The molecule has 2 heterocycles. The van der Waals surface area contributed by atoms with Gasteiger partial charge in [0.05, 0.1) is 25.2 Å². The van der Waals surface area contributed by atoms with Crippen molar-refractivity contribution < 1.29 is 14.3 Å². The molecule has 118 valence electrons. The summed E-state index contributed by atoms with van der Waals surface area (Å²) in [6, 6.07) is 5.64. The van der Waals surface area contributed by atoms with Crippen molar-refractivity contribution in [2.24, 2.45) is 5.92 Å². The van der Waals surface area contributed by atoms with Crippen LogP contribution in [0.4, 0.5) is 10.5 Å². The van der Waals surface area contributed by atoms with Crippen LogP contribution in [0.2, 0.25) is 0 Å². The minimum absolute atomic E-state index is 0.0239. The SMILES string of the molecule is Cc1cc(C)cc(NC(=O)N2C[C@H]3COC[C@@H](C2)C(=O)N3)c1. The summed E-state index contributed by atoms with van der Waals surface area (Å²) in [5.74, 6) is -0.318. The highest BCUT2D eigenvalue weighted by molar-refractivity contribution is 5.90. The van der Waals surface area contributed by atoms with Crippen LogP contribution in [0.15, 0.2) is 18.2 Å². The molecule has 3 amide bonds. The van der Waals surface area contributed by atoms with Crippen molar-refractivity contribution in [1.29, 1.82) is 0 Å². The monoisotopic (exact) mass is 303 g/mol. The number of carbonyl (C=O) groups is 2. The number of anilines is 1. The van der Waals surface area contributed by atoms with Crippen molar-refractivity contribution in [3.05, 3.63) is 29.3 Å². The van der Waals surface area contributed by atoms with E-state index in [2.05, 4.69) is 16.7 Å². The maximum atomic E-state index is 12.5. The molecule has 2 N–H and O–H groups in total. The van der Waals surface area contributed by atoms with E-state index >= 15 is 0 Å². The summed E-state index contributed by atoms with van der Waals surface area (Å²) in [5, 5.41) is 5.85. The molecule has 0 radical (unpaired) electrons. The largest absolute Gasteiger partial charge is 0.378 e. The minimum atomic E-state index is -0.294. The molecular weight excluding hydrogens is 282 g/mol. The fourth-order valence-electron chi connectivity index (χ4n) is 3.04. The molecule has 2 bridgehead atoms. The Balaban J connectivity index is 1.73. The molecular formula is C16H21N3O3. The lowest BCUT2D eigenvalue weighted by Gasteiger charge is -2.27. The van der Waals surface area contributed by atoms with Crippen molar-refractivity contribution >= 4 is 17.6 Å². The first-order chi connectivity index (χ1) is 10.5. The van der Waals surface area contributed by atoms with Crippen LogP contribution in [-0.2, 0) is 9.53 Å². The van der Waals surface area contributed by atoms with Gasteiger partial charge in [0.15, 0.2) is 0 Å². The molecule has 6 nitrogen and oxygen atoms in total. The zero-order valence-corrected chi connectivity index (χ0v) is 12.9. The second kappa shape index (κ2) is 5.96. The van der Waals surface area contributed by atoms with Gasteiger partial charge in [-0.05, 0) is 37.1 Å². The van der Waals surface area contributed by atoms with Gasteiger partial charge in [0.2, 0.25) is 5.91 Å². The Labute approximate surface area is 129 Å². The van der Waals surface area contributed by atoms with Crippen molar-refractivity contribution in [2.75, 3.05) is 31.6 Å². The van der Waals surface area contributed by atoms with Crippen molar-refractivity contribution in [1.82, 2.24) is 10.2 Å². The number of ether oxygens (including phenoxy) is 1. The Kier molecular flexibility index (Phi) is 4.02. The lowest BCUT2D eigenvalue weighted by Crippen LogP contribution is -2.46. The minimum Gasteiger partial charge on any atom is -0.378 e. The zero-order chi connectivity index (χ0) is 15.7. The molecule has 6 heteroatoms. The fraction of sp³-hybridized carbons (Fsp3) is 0.500. The molecule has 3 rings (SSSR count). The normalized spacial score (nSPS) is 24.5. The van der Waals surface area contributed by atoms with Gasteiger partial charge in [-0.15, -0.1) is 0 Å². The zero-order valence-electron chi connectivity index (χ0n) is 12.9. The van der Waals surface area contributed by atoms with E-state index in [-0.39, 0.29) is 23.9 Å². The molecule has 0 saturated carbocycles. The van der Waals surface area contributed by atoms with Crippen molar-refractivity contribution in [2.45, 2.75) is 19.9 Å². The van der Waals surface area contributed by atoms with Gasteiger partial charge in [-0.3, -0.25) is 4.79 Å². The molecule has 0 aromatic heterocycles. The van der Waals surface area contributed by atoms with Gasteiger partial charge in [0, 0.05) is 18.8 Å². The number of nitrogens with zero attached hydrogens (tertiary/aromatic N) is 1. The number of urea groups is 1. The fourth-order valence-corrected chi connectivity index (χ4v) is 3.04. The summed E-state index contributed by atoms with van der Waals surface area (Å²) in [5.41, 5.74) is 2.99. The van der Waals surface area contributed by atoms with Gasteiger partial charge in [-0.25, -0.2) is 4.79 Å². The average Bonchev–Trinajstić information content (AvgIpc) is 2.65. The van der Waals surface area contributed by atoms with Gasteiger partial charge in [-0.1, -0.05) is 6.07 Å². The molecule has 2 aliphatic heterocycles. The lowest BCUT2D eigenvalue weighted by molar-refractivity contribution is -0.125. The Morgan fingerprint density at radius 2 is 1.95 bits per heavy atom. The number of fused-ring (bicyclic) bond motifs is 3. The quantitative estimate of drug-likeness (QED) is 0.821. The number of carbonyl (C=O) groups excluding carboxylic acids is 2. The molecule has 0 spiro atoms. The van der Waals surface area contributed by atoms with Gasteiger partial charge in [0.1, 0.15) is 0 Å². The van der Waals surface area contributed by atoms with E-state index in [1.807, 2.05) is 26.0 Å². The van der Waals surface area contributed by atoms with Crippen molar-refractivity contribution in [3.63, 3.8) is 0 Å². The Hall–Kier alpha value is -2.08. The molecule has 22 heavy (non-hydrogen) atoms. The summed E-state index contributed by atoms with van der Waals surface area (Å²) in [6.45, 7) is 5.68. The first-order valence-corrected chi connectivity index (χ1v) is 7.53. The second-order valence-electron chi connectivity index (χ2n) is 6.15. The van der Waals surface area contributed by atoms with E-state index in [1.54, 1.807) is 4.90 Å². The summed E-state index contributed by atoms with van der Waals surface area (Å²) in [6.07, 6.45) is 0. The third-order valence-corrected chi connectivity index (χ3v) is 4.00. The number of benzene rings is 1. The first-order valence-electron chi connectivity index (χ1n) is 7.53. The van der Waals surface area contributed by atoms with Crippen LogP contribution in [0.25, 0.3) is 0 Å². The van der Waals surface area contributed by atoms with Crippen LogP contribution in [0.1, 0.15) is 11.1 Å². The highest BCUT2D eigenvalue weighted by atomic mass is 16.5. The maximum Gasteiger partial charge on any atom is 0.321 e. The molecule has 2 fully saturated rings. The van der Waals surface area contributed by atoms with E-state index < -0.39 is 0 Å². The first kappa shape index (κ1) is 14.8. The second-order valence-corrected chi connectivity index (χ2v) is 6.15. The van der Waals surface area contributed by atoms with Crippen molar-refractivity contribution in [3.8, 4) is 0 Å². The molecule has 0 aliphatic carbocycles. The Bertz CT molecular complexity index is 582. The lowest BCUT2D eigenvalue weighted by atomic mass is 10.1. The van der Waals surface area contributed by atoms with Crippen LogP contribution < -0.4 is 10.6 Å². The van der Waals surface area contributed by atoms with Crippen LogP contribution >= 0.6 is 0 Å². The van der Waals surface area contributed by atoms with Gasteiger partial charge in [0.25, 0.3) is 0 Å². The third kappa shape index (κ3) is 3.22. The topological polar surface area (TPSA) is 70.7 Å². The van der Waals surface area contributed by atoms with E-state index in [1.165, 1.54) is 0 Å². The molecule has 2 saturated heterocycles. The molecule has 2 aliphatic rings. The molecule has 2 atom stereocenters. The Morgan fingerprint density at radius 1 is 1.23 bits per heavy atom. The van der Waals surface area contributed by atoms with Crippen LogP contribution in [0.3, 0.4) is 0 Å². The van der Waals surface area contributed by atoms with Gasteiger partial charge >= 0.3 is 6.03 Å². The average molecular weight is 303 g/mol. The number of hydrogen-bond donors (Lipinski definition) is 2.